The number of carbonyl (C=O) groups is 1. The second-order valence-corrected chi connectivity index (χ2v) is 9.54. The summed E-state index contributed by atoms with van der Waals surface area (Å²) in [7, 11) is 0. The standard InChI is InChI=1S/C26H26F3N5O.C2H6/c1-17-3-5-20(23-30-10-2-11-31-23)21(13-17)24(35)34-12-9-25(7-8-25)14-19(34)16-33-22-6-4-18(15-32-22)26(27,28)29;1-2/h2-6,10-11,13,15,19H,7-9,12,14,16H2,1H3,(H,32,33);1-2H3. The van der Waals surface area contributed by atoms with Crippen LogP contribution >= 0.6 is 0 Å². The van der Waals surface area contributed by atoms with Crippen LogP contribution in [-0.2, 0) is 6.18 Å². The zero-order valence-corrected chi connectivity index (χ0v) is 21.3. The number of hydrogen-bond donors (Lipinski definition) is 1. The predicted molar refractivity (Wildman–Crippen MR) is 137 cm³/mol. The number of alkyl halides is 3. The second-order valence-electron chi connectivity index (χ2n) is 9.54. The van der Waals surface area contributed by atoms with Gasteiger partial charge in [0.25, 0.3) is 5.91 Å². The largest absolute Gasteiger partial charge is 0.417 e. The van der Waals surface area contributed by atoms with Crippen LogP contribution in [0.4, 0.5) is 19.0 Å². The second kappa shape index (κ2) is 10.9. The Morgan fingerprint density at radius 2 is 1.81 bits per heavy atom. The fourth-order valence-electron chi connectivity index (χ4n) is 4.84. The predicted octanol–water partition coefficient (Wildman–Crippen LogP) is 6.39. The quantitative estimate of drug-likeness (QED) is 0.430. The Morgan fingerprint density at radius 3 is 2.43 bits per heavy atom. The first-order chi connectivity index (χ1) is 17.7. The number of nitrogens with zero attached hydrogens (tertiary/aromatic N) is 4. The summed E-state index contributed by atoms with van der Waals surface area (Å²) in [6.07, 6.45) is 3.81. The third-order valence-corrected chi connectivity index (χ3v) is 7.03. The monoisotopic (exact) mass is 511 g/mol. The van der Waals surface area contributed by atoms with Crippen molar-refractivity contribution in [2.24, 2.45) is 5.41 Å². The Balaban J connectivity index is 0.00000156. The van der Waals surface area contributed by atoms with Crippen LogP contribution < -0.4 is 5.32 Å². The van der Waals surface area contributed by atoms with Gasteiger partial charge in [0.15, 0.2) is 5.82 Å². The molecule has 5 rings (SSSR count). The van der Waals surface area contributed by atoms with E-state index in [9.17, 15) is 18.0 Å². The molecule has 3 aromatic rings. The van der Waals surface area contributed by atoms with Gasteiger partial charge >= 0.3 is 6.18 Å². The Bertz CT molecular complexity index is 1210. The molecule has 6 nitrogen and oxygen atoms in total. The highest BCUT2D eigenvalue weighted by Gasteiger charge is 2.49. The molecule has 1 atom stereocenters. The van der Waals surface area contributed by atoms with Crippen molar-refractivity contribution in [2.75, 3.05) is 18.4 Å². The van der Waals surface area contributed by atoms with Gasteiger partial charge in [-0.05, 0) is 62.3 Å². The third-order valence-electron chi connectivity index (χ3n) is 7.03. The number of pyridine rings is 1. The molecule has 1 N–H and O–H groups in total. The summed E-state index contributed by atoms with van der Waals surface area (Å²) in [4.78, 5) is 28.3. The number of halogens is 3. The van der Waals surface area contributed by atoms with E-state index in [2.05, 4.69) is 20.3 Å². The zero-order chi connectivity index (χ0) is 26.6. The Morgan fingerprint density at radius 1 is 1.08 bits per heavy atom. The number of aromatic nitrogens is 3. The van der Waals surface area contributed by atoms with Crippen molar-refractivity contribution in [3.63, 3.8) is 0 Å². The molecule has 0 radical (unpaired) electrons. The van der Waals surface area contributed by atoms with E-state index in [1.165, 1.54) is 6.07 Å². The van der Waals surface area contributed by atoms with E-state index in [0.717, 1.165) is 43.5 Å². The number of anilines is 1. The molecule has 2 fully saturated rings. The first kappa shape index (κ1) is 26.6. The van der Waals surface area contributed by atoms with E-state index in [-0.39, 0.29) is 17.4 Å². The maximum absolute atomic E-state index is 13.9. The highest BCUT2D eigenvalue weighted by Crippen LogP contribution is 2.55. The van der Waals surface area contributed by atoms with Crippen LogP contribution in [-0.4, -0.2) is 44.9 Å². The number of nitrogens with one attached hydrogen (secondary N) is 1. The number of rotatable bonds is 5. The number of hydrogen-bond acceptors (Lipinski definition) is 5. The van der Waals surface area contributed by atoms with Gasteiger partial charge in [-0.1, -0.05) is 31.5 Å². The van der Waals surface area contributed by atoms with Crippen LogP contribution in [0.1, 0.15) is 61.0 Å². The van der Waals surface area contributed by atoms with E-state index >= 15 is 0 Å². The first-order valence-electron chi connectivity index (χ1n) is 12.7. The average Bonchev–Trinajstić information content (AvgIpc) is 3.66. The maximum atomic E-state index is 13.9. The molecule has 1 saturated heterocycles. The van der Waals surface area contributed by atoms with Gasteiger partial charge in [-0.3, -0.25) is 4.79 Å². The molecular formula is C28H32F3N5O. The van der Waals surface area contributed by atoms with Gasteiger partial charge in [0.05, 0.1) is 11.1 Å². The molecule has 3 heterocycles. The van der Waals surface area contributed by atoms with E-state index in [1.807, 2.05) is 43.9 Å². The lowest BCUT2D eigenvalue weighted by atomic mass is 9.87. The Labute approximate surface area is 215 Å². The van der Waals surface area contributed by atoms with E-state index in [4.69, 9.17) is 0 Å². The lowest BCUT2D eigenvalue weighted by Crippen LogP contribution is -2.50. The fourth-order valence-corrected chi connectivity index (χ4v) is 4.84. The molecule has 1 saturated carbocycles. The normalized spacial score (nSPS) is 18.1. The van der Waals surface area contributed by atoms with Crippen molar-refractivity contribution in [1.82, 2.24) is 19.9 Å². The molecule has 9 heteroatoms. The minimum atomic E-state index is -4.43. The third kappa shape index (κ3) is 6.09. The average molecular weight is 512 g/mol. The smallest absolute Gasteiger partial charge is 0.368 e. The SMILES string of the molecule is CC.Cc1ccc(-c2ncccn2)c(C(=O)N2CCC3(CC3)CC2CNc2ccc(C(F)(F)F)cn2)c1. The van der Waals surface area contributed by atoms with Crippen LogP contribution in [0.2, 0.25) is 0 Å². The molecule has 37 heavy (non-hydrogen) atoms. The van der Waals surface area contributed by atoms with Crippen molar-refractivity contribution >= 4 is 11.7 Å². The number of amides is 1. The minimum absolute atomic E-state index is 0.0844. The van der Waals surface area contributed by atoms with Gasteiger partial charge in [-0.25, -0.2) is 15.0 Å². The zero-order valence-electron chi connectivity index (χ0n) is 21.3. The van der Waals surface area contributed by atoms with Gasteiger partial charge in [0, 0.05) is 43.3 Å². The number of benzene rings is 1. The van der Waals surface area contributed by atoms with Gasteiger partial charge in [-0.15, -0.1) is 0 Å². The van der Waals surface area contributed by atoms with E-state index in [1.54, 1.807) is 18.5 Å². The molecule has 1 amide bonds. The summed E-state index contributed by atoms with van der Waals surface area (Å²) in [6, 6.07) is 9.66. The molecule has 1 aromatic carbocycles. The highest BCUT2D eigenvalue weighted by molar-refractivity contribution is 6.00. The maximum Gasteiger partial charge on any atom is 0.417 e. The summed E-state index contributed by atoms with van der Waals surface area (Å²) in [5.41, 5.74) is 1.69. The summed E-state index contributed by atoms with van der Waals surface area (Å²) < 4.78 is 38.6. The van der Waals surface area contributed by atoms with Crippen molar-refractivity contribution in [2.45, 2.75) is 58.7 Å². The summed E-state index contributed by atoms with van der Waals surface area (Å²) in [6.45, 7) is 6.99. The van der Waals surface area contributed by atoms with Crippen LogP contribution in [0.25, 0.3) is 11.4 Å². The molecule has 1 aliphatic heterocycles. The fraction of sp³-hybridized carbons (Fsp3) is 0.429. The van der Waals surface area contributed by atoms with Gasteiger partial charge in [-0.2, -0.15) is 13.2 Å². The molecule has 2 aromatic heterocycles. The number of aryl methyl sites for hydroxylation is 1. The lowest BCUT2D eigenvalue weighted by molar-refractivity contribution is -0.137. The lowest BCUT2D eigenvalue weighted by Gasteiger charge is -2.40. The van der Waals surface area contributed by atoms with Gasteiger partial charge in [0.2, 0.25) is 0 Å². The highest BCUT2D eigenvalue weighted by atomic mass is 19.4. The van der Waals surface area contributed by atoms with Crippen LogP contribution in [0.5, 0.6) is 0 Å². The number of carbonyl (C=O) groups excluding carboxylic acids is 1. The Hall–Kier alpha value is -3.49. The van der Waals surface area contributed by atoms with Gasteiger partial charge in [0.1, 0.15) is 5.82 Å². The molecule has 1 spiro atoms. The van der Waals surface area contributed by atoms with Crippen LogP contribution in [0.15, 0.2) is 55.0 Å². The van der Waals surface area contributed by atoms with E-state index in [0.29, 0.717) is 35.9 Å². The topological polar surface area (TPSA) is 71.0 Å². The van der Waals surface area contributed by atoms with Crippen molar-refractivity contribution < 1.29 is 18.0 Å². The van der Waals surface area contributed by atoms with Crippen LogP contribution in [0, 0.1) is 12.3 Å². The molecule has 1 unspecified atom stereocenters. The van der Waals surface area contributed by atoms with Crippen molar-refractivity contribution in [1.29, 1.82) is 0 Å². The summed E-state index contributed by atoms with van der Waals surface area (Å²) >= 11 is 0. The molecule has 1 aliphatic carbocycles. The molecule has 2 aliphatic rings. The van der Waals surface area contributed by atoms with E-state index < -0.39 is 11.7 Å². The van der Waals surface area contributed by atoms with Crippen molar-refractivity contribution in [3.8, 4) is 11.4 Å². The molecule has 196 valence electrons. The van der Waals surface area contributed by atoms with Crippen LogP contribution in [0.3, 0.4) is 0 Å². The number of piperidine rings is 1. The first-order valence-corrected chi connectivity index (χ1v) is 12.7. The minimum Gasteiger partial charge on any atom is -0.368 e. The summed E-state index contributed by atoms with van der Waals surface area (Å²) in [5.74, 6) is 0.767. The molecule has 0 bridgehead atoms. The van der Waals surface area contributed by atoms with Gasteiger partial charge < -0.3 is 10.2 Å². The van der Waals surface area contributed by atoms with Crippen molar-refractivity contribution in [3.05, 3.63) is 71.7 Å². The summed E-state index contributed by atoms with van der Waals surface area (Å²) in [5, 5.41) is 3.16. The number of likely N-dealkylation sites (tertiary alicyclic amines) is 1. The Kier molecular flexibility index (Phi) is 7.80. The molecular weight excluding hydrogens is 479 g/mol.